The Morgan fingerprint density at radius 3 is 2.09 bits per heavy atom. The number of carbonyl (C=O) groups is 3. The predicted molar refractivity (Wildman–Crippen MR) is 76.1 cm³/mol. The molecule has 1 aromatic rings. The van der Waals surface area contributed by atoms with Crippen molar-refractivity contribution in [2.75, 3.05) is 13.2 Å². The van der Waals surface area contributed by atoms with Crippen molar-refractivity contribution in [2.24, 2.45) is 0 Å². The van der Waals surface area contributed by atoms with Crippen LogP contribution in [0.1, 0.15) is 35.7 Å². The normalized spacial score (nSPS) is 10.2. The molecule has 0 saturated heterocycles. The van der Waals surface area contributed by atoms with Gasteiger partial charge >= 0.3 is 17.9 Å². The van der Waals surface area contributed by atoms with Gasteiger partial charge in [-0.15, -0.1) is 0 Å². The number of carboxylic acids is 1. The standard InChI is InChI=1S/C14H15NO8/c1-3-22-13(18)11(14(19)23-4-2)8-5-6-9(12(16)17)10(7-8)15(20)21/h5-7,11H,3-4H2,1-2H3,(H,16,17). The maximum absolute atomic E-state index is 12.0. The van der Waals surface area contributed by atoms with Crippen LogP contribution in [0.15, 0.2) is 18.2 Å². The third-order valence-electron chi connectivity index (χ3n) is 2.83. The van der Waals surface area contributed by atoms with Gasteiger partial charge in [0.15, 0.2) is 5.92 Å². The van der Waals surface area contributed by atoms with Gasteiger partial charge in [-0.3, -0.25) is 19.7 Å². The predicted octanol–water partition coefficient (Wildman–Crippen LogP) is 1.50. The molecule has 124 valence electrons. The van der Waals surface area contributed by atoms with E-state index in [4.69, 9.17) is 14.6 Å². The molecule has 9 heteroatoms. The van der Waals surface area contributed by atoms with E-state index in [2.05, 4.69) is 0 Å². The van der Waals surface area contributed by atoms with E-state index in [9.17, 15) is 24.5 Å². The van der Waals surface area contributed by atoms with Crippen LogP contribution in [-0.2, 0) is 19.1 Å². The molecule has 0 unspecified atom stereocenters. The van der Waals surface area contributed by atoms with Crippen LogP contribution in [0.25, 0.3) is 0 Å². The third-order valence-corrected chi connectivity index (χ3v) is 2.83. The lowest BCUT2D eigenvalue weighted by Gasteiger charge is -2.14. The highest BCUT2D eigenvalue weighted by molar-refractivity contribution is 6.01. The van der Waals surface area contributed by atoms with E-state index in [0.29, 0.717) is 0 Å². The van der Waals surface area contributed by atoms with Crippen molar-refractivity contribution in [3.63, 3.8) is 0 Å². The van der Waals surface area contributed by atoms with E-state index >= 15 is 0 Å². The molecule has 0 radical (unpaired) electrons. The number of hydrogen-bond donors (Lipinski definition) is 1. The van der Waals surface area contributed by atoms with Crippen molar-refractivity contribution in [1.82, 2.24) is 0 Å². The van der Waals surface area contributed by atoms with Crippen LogP contribution in [0, 0.1) is 10.1 Å². The molecule has 0 aliphatic heterocycles. The zero-order valence-electron chi connectivity index (χ0n) is 12.5. The van der Waals surface area contributed by atoms with Crippen LogP contribution in [0.3, 0.4) is 0 Å². The Morgan fingerprint density at radius 2 is 1.70 bits per heavy atom. The molecule has 0 fully saturated rings. The molecule has 0 amide bonds. The van der Waals surface area contributed by atoms with Crippen molar-refractivity contribution in [3.05, 3.63) is 39.4 Å². The first kappa shape index (κ1) is 18.1. The molecule has 0 atom stereocenters. The molecule has 0 spiro atoms. The maximum Gasteiger partial charge on any atom is 0.342 e. The minimum absolute atomic E-state index is 0.00401. The van der Waals surface area contributed by atoms with Crippen molar-refractivity contribution in [1.29, 1.82) is 0 Å². The number of rotatable bonds is 7. The SMILES string of the molecule is CCOC(=O)C(C(=O)OCC)c1ccc(C(=O)O)c([N+](=O)[O-])c1. The number of hydrogen-bond acceptors (Lipinski definition) is 7. The second kappa shape index (κ2) is 7.87. The smallest absolute Gasteiger partial charge is 0.342 e. The largest absolute Gasteiger partial charge is 0.477 e. The first-order valence-corrected chi connectivity index (χ1v) is 6.68. The fraction of sp³-hybridized carbons (Fsp3) is 0.357. The Hall–Kier alpha value is -2.97. The Balaban J connectivity index is 3.38. The van der Waals surface area contributed by atoms with Crippen LogP contribution >= 0.6 is 0 Å². The molecule has 1 aromatic carbocycles. The van der Waals surface area contributed by atoms with Gasteiger partial charge in [-0.05, 0) is 25.5 Å². The average Bonchev–Trinajstić information content (AvgIpc) is 2.47. The summed E-state index contributed by atoms with van der Waals surface area (Å²) in [4.78, 5) is 45.0. The van der Waals surface area contributed by atoms with Gasteiger partial charge in [0.2, 0.25) is 0 Å². The van der Waals surface area contributed by atoms with Gasteiger partial charge in [0.1, 0.15) is 5.56 Å². The van der Waals surface area contributed by atoms with E-state index in [1.807, 2.05) is 0 Å². The number of carboxylic acid groups (broad SMARTS) is 1. The van der Waals surface area contributed by atoms with Gasteiger partial charge in [-0.1, -0.05) is 6.07 Å². The van der Waals surface area contributed by atoms with Crippen molar-refractivity contribution < 1.29 is 33.9 Å². The van der Waals surface area contributed by atoms with Gasteiger partial charge in [-0.2, -0.15) is 0 Å². The molecule has 0 bridgehead atoms. The lowest BCUT2D eigenvalue weighted by molar-refractivity contribution is -0.385. The number of ether oxygens (including phenoxy) is 2. The fourth-order valence-corrected chi connectivity index (χ4v) is 1.88. The third kappa shape index (κ3) is 4.25. The molecule has 0 aromatic heterocycles. The zero-order chi connectivity index (χ0) is 17.6. The van der Waals surface area contributed by atoms with Crippen molar-refractivity contribution in [2.45, 2.75) is 19.8 Å². The van der Waals surface area contributed by atoms with Crippen LogP contribution in [0.4, 0.5) is 5.69 Å². The minimum Gasteiger partial charge on any atom is -0.477 e. The Bertz CT molecular complexity index is 622. The number of nitro groups is 1. The second-order valence-corrected chi connectivity index (χ2v) is 4.28. The average molecular weight is 325 g/mol. The van der Waals surface area contributed by atoms with Crippen molar-refractivity contribution >= 4 is 23.6 Å². The maximum atomic E-state index is 12.0. The summed E-state index contributed by atoms with van der Waals surface area (Å²) in [5.74, 6) is -4.87. The highest BCUT2D eigenvalue weighted by Gasteiger charge is 2.33. The lowest BCUT2D eigenvalue weighted by atomic mass is 9.97. The molecular formula is C14H15NO8. The van der Waals surface area contributed by atoms with Crippen LogP contribution in [-0.4, -0.2) is 41.2 Å². The topological polar surface area (TPSA) is 133 Å². The number of nitrogens with zero attached hydrogens (tertiary/aromatic N) is 1. The van der Waals surface area contributed by atoms with Crippen molar-refractivity contribution in [3.8, 4) is 0 Å². The number of esters is 2. The molecule has 0 aliphatic carbocycles. The fourth-order valence-electron chi connectivity index (χ4n) is 1.88. The quantitative estimate of drug-likeness (QED) is 0.345. The molecule has 0 heterocycles. The first-order chi connectivity index (χ1) is 10.8. The summed E-state index contributed by atoms with van der Waals surface area (Å²) in [5, 5.41) is 19.9. The van der Waals surface area contributed by atoms with Crippen LogP contribution in [0.2, 0.25) is 0 Å². The molecule has 0 saturated carbocycles. The highest BCUT2D eigenvalue weighted by atomic mass is 16.6. The Morgan fingerprint density at radius 1 is 1.17 bits per heavy atom. The molecule has 0 aliphatic rings. The number of aromatic carboxylic acids is 1. The van der Waals surface area contributed by atoms with Crippen LogP contribution < -0.4 is 0 Å². The van der Waals surface area contributed by atoms with E-state index in [0.717, 1.165) is 18.2 Å². The first-order valence-electron chi connectivity index (χ1n) is 6.68. The monoisotopic (exact) mass is 325 g/mol. The summed E-state index contributed by atoms with van der Waals surface area (Å²) in [7, 11) is 0. The van der Waals surface area contributed by atoms with E-state index in [1.165, 1.54) is 13.8 Å². The Kier molecular flexibility index (Phi) is 6.19. The minimum atomic E-state index is -1.52. The summed E-state index contributed by atoms with van der Waals surface area (Å²) >= 11 is 0. The summed E-state index contributed by atoms with van der Waals surface area (Å²) in [6, 6.07) is 2.97. The second-order valence-electron chi connectivity index (χ2n) is 4.28. The molecule has 23 heavy (non-hydrogen) atoms. The van der Waals surface area contributed by atoms with E-state index in [1.54, 1.807) is 0 Å². The lowest BCUT2D eigenvalue weighted by Crippen LogP contribution is -2.26. The summed E-state index contributed by atoms with van der Waals surface area (Å²) in [6.45, 7) is 3.08. The molecule has 9 nitrogen and oxygen atoms in total. The van der Waals surface area contributed by atoms with Gasteiger partial charge < -0.3 is 14.6 Å². The summed E-state index contributed by atoms with van der Waals surface area (Å²) in [6.07, 6.45) is 0. The summed E-state index contributed by atoms with van der Waals surface area (Å²) in [5.41, 5.74) is -1.35. The van der Waals surface area contributed by atoms with Gasteiger partial charge in [-0.25, -0.2) is 4.79 Å². The number of nitro benzene ring substituents is 1. The van der Waals surface area contributed by atoms with E-state index < -0.39 is 40.0 Å². The molecular weight excluding hydrogens is 310 g/mol. The van der Waals surface area contributed by atoms with Gasteiger partial charge in [0.25, 0.3) is 5.69 Å². The van der Waals surface area contributed by atoms with Gasteiger partial charge in [0.05, 0.1) is 18.1 Å². The van der Waals surface area contributed by atoms with E-state index in [-0.39, 0.29) is 18.8 Å². The van der Waals surface area contributed by atoms with Crippen LogP contribution in [0.5, 0.6) is 0 Å². The summed E-state index contributed by atoms with van der Waals surface area (Å²) < 4.78 is 9.56. The number of benzene rings is 1. The molecule has 1 rings (SSSR count). The Labute approximate surface area is 131 Å². The number of carbonyl (C=O) groups excluding carboxylic acids is 2. The molecule has 1 N–H and O–H groups in total. The highest BCUT2D eigenvalue weighted by Crippen LogP contribution is 2.27. The zero-order valence-corrected chi connectivity index (χ0v) is 12.5. The van der Waals surface area contributed by atoms with Gasteiger partial charge in [0, 0.05) is 6.07 Å².